The summed E-state index contributed by atoms with van der Waals surface area (Å²) in [6, 6.07) is 16.2. The molecule has 1 heterocycles. The monoisotopic (exact) mass is 425 g/mol. The van der Waals surface area contributed by atoms with Crippen LogP contribution in [-0.2, 0) is 6.61 Å². The maximum absolute atomic E-state index is 11.7. The van der Waals surface area contributed by atoms with Gasteiger partial charge in [0.1, 0.15) is 18.1 Å². The molecule has 0 radical (unpaired) electrons. The number of aromatic carboxylic acids is 1. The molecular weight excluding hydrogens is 402 g/mol. The lowest BCUT2D eigenvalue weighted by atomic mass is 10.0. The molecule has 1 aromatic heterocycles. The predicted octanol–water partition coefficient (Wildman–Crippen LogP) is 6.20. The number of carbonyl (C=O) groups is 1. The number of hydrogen-bond donors (Lipinski definition) is 1. The quantitative estimate of drug-likeness (QED) is 0.465. The molecule has 3 aromatic rings. The second kappa shape index (κ2) is 9.63. The second-order valence-corrected chi connectivity index (χ2v) is 7.49. The van der Waals surface area contributed by atoms with Crippen molar-refractivity contribution in [3.63, 3.8) is 0 Å². The van der Waals surface area contributed by atoms with Gasteiger partial charge in [-0.05, 0) is 54.8 Å². The van der Waals surface area contributed by atoms with Crippen molar-refractivity contribution < 1.29 is 19.4 Å². The Labute approximate surface area is 181 Å². The van der Waals surface area contributed by atoms with Crippen molar-refractivity contribution in [1.29, 1.82) is 0 Å². The van der Waals surface area contributed by atoms with Gasteiger partial charge in [0, 0.05) is 10.6 Å². The number of benzene rings is 2. The topological polar surface area (TPSA) is 68.7 Å². The number of para-hydroxylation sites is 1. The van der Waals surface area contributed by atoms with E-state index in [0.29, 0.717) is 28.8 Å². The van der Waals surface area contributed by atoms with Crippen LogP contribution in [-0.4, -0.2) is 22.7 Å². The van der Waals surface area contributed by atoms with Crippen molar-refractivity contribution in [1.82, 2.24) is 4.98 Å². The van der Waals surface area contributed by atoms with E-state index in [9.17, 15) is 9.90 Å². The molecule has 0 saturated carbocycles. The van der Waals surface area contributed by atoms with E-state index in [4.69, 9.17) is 21.1 Å². The lowest BCUT2D eigenvalue weighted by Crippen LogP contribution is -2.10. The molecule has 0 fully saturated rings. The molecule has 156 valence electrons. The summed E-state index contributed by atoms with van der Waals surface area (Å²) in [7, 11) is 0. The van der Waals surface area contributed by atoms with Crippen LogP contribution in [0, 0.1) is 0 Å². The van der Waals surface area contributed by atoms with Gasteiger partial charge < -0.3 is 14.6 Å². The van der Waals surface area contributed by atoms with Gasteiger partial charge in [-0.2, -0.15) is 0 Å². The molecule has 30 heavy (non-hydrogen) atoms. The highest BCUT2D eigenvalue weighted by atomic mass is 35.5. The third-order valence-corrected chi connectivity index (χ3v) is 4.86. The van der Waals surface area contributed by atoms with E-state index in [0.717, 1.165) is 16.9 Å². The molecule has 1 N–H and O–H groups in total. The van der Waals surface area contributed by atoms with Crippen LogP contribution >= 0.6 is 11.6 Å². The van der Waals surface area contributed by atoms with E-state index in [1.54, 1.807) is 24.3 Å². The molecule has 0 bridgehead atoms. The van der Waals surface area contributed by atoms with Gasteiger partial charge in [-0.15, -0.1) is 0 Å². The first-order valence-electron chi connectivity index (χ1n) is 9.78. The minimum Gasteiger partial charge on any atom is -0.493 e. The molecule has 0 spiro atoms. The van der Waals surface area contributed by atoms with Crippen molar-refractivity contribution in [2.45, 2.75) is 33.3 Å². The van der Waals surface area contributed by atoms with Crippen LogP contribution in [0.15, 0.2) is 54.6 Å². The Morgan fingerprint density at radius 3 is 2.53 bits per heavy atom. The first-order chi connectivity index (χ1) is 14.4. The van der Waals surface area contributed by atoms with E-state index in [1.165, 1.54) is 0 Å². The zero-order valence-electron chi connectivity index (χ0n) is 17.2. The number of hydrogen-bond acceptors (Lipinski definition) is 4. The minimum atomic E-state index is -1.05. The smallest absolute Gasteiger partial charge is 0.337 e. The van der Waals surface area contributed by atoms with E-state index >= 15 is 0 Å². The average molecular weight is 426 g/mol. The van der Waals surface area contributed by atoms with Crippen molar-refractivity contribution in [2.75, 3.05) is 6.61 Å². The van der Waals surface area contributed by atoms with E-state index < -0.39 is 5.97 Å². The molecule has 0 atom stereocenters. The summed E-state index contributed by atoms with van der Waals surface area (Å²) in [5.41, 5.74) is 2.84. The molecule has 3 rings (SSSR count). The van der Waals surface area contributed by atoms with Crippen LogP contribution in [0.2, 0.25) is 5.02 Å². The fourth-order valence-corrected chi connectivity index (χ4v) is 3.34. The highest BCUT2D eigenvalue weighted by Gasteiger charge is 2.17. The van der Waals surface area contributed by atoms with Crippen molar-refractivity contribution in [3.8, 4) is 22.8 Å². The standard InChI is InChI=1S/C24H24ClNO4/c1-4-29-23-13-16(25)9-10-18(23)20-12-11-19(24(27)28)21(26-20)14-30-22-8-6-5-7-17(22)15(2)3/h5-13,15H,4,14H2,1-3H3,(H,27,28). The summed E-state index contributed by atoms with van der Waals surface area (Å²) < 4.78 is 11.7. The Bertz CT molecular complexity index is 1050. The summed E-state index contributed by atoms with van der Waals surface area (Å²) in [5, 5.41) is 10.2. The average Bonchev–Trinajstić information content (AvgIpc) is 2.72. The summed E-state index contributed by atoms with van der Waals surface area (Å²) in [4.78, 5) is 16.3. The van der Waals surface area contributed by atoms with E-state index in [2.05, 4.69) is 18.8 Å². The van der Waals surface area contributed by atoms with Gasteiger partial charge in [-0.1, -0.05) is 43.6 Å². The number of aromatic nitrogens is 1. The fourth-order valence-electron chi connectivity index (χ4n) is 3.17. The SMILES string of the molecule is CCOc1cc(Cl)ccc1-c1ccc(C(=O)O)c(COc2ccccc2C(C)C)n1. The van der Waals surface area contributed by atoms with Crippen molar-refractivity contribution >= 4 is 17.6 Å². The molecule has 6 heteroatoms. The highest BCUT2D eigenvalue weighted by Crippen LogP contribution is 2.33. The number of nitrogens with zero attached hydrogens (tertiary/aromatic N) is 1. The normalized spacial score (nSPS) is 10.8. The molecule has 0 unspecified atom stereocenters. The first-order valence-corrected chi connectivity index (χ1v) is 10.2. The molecule has 0 aliphatic heterocycles. The summed E-state index contributed by atoms with van der Waals surface area (Å²) >= 11 is 6.10. The maximum Gasteiger partial charge on any atom is 0.337 e. The van der Waals surface area contributed by atoms with Crippen LogP contribution in [0.25, 0.3) is 11.3 Å². The molecule has 5 nitrogen and oxygen atoms in total. The molecule has 0 saturated heterocycles. The Hall–Kier alpha value is -3.05. The van der Waals surface area contributed by atoms with Crippen LogP contribution in [0.1, 0.15) is 48.3 Å². The van der Waals surface area contributed by atoms with Gasteiger partial charge in [0.05, 0.1) is 23.6 Å². The Kier molecular flexibility index (Phi) is 6.95. The number of halogens is 1. The first kappa shape index (κ1) is 21.7. The van der Waals surface area contributed by atoms with Gasteiger partial charge >= 0.3 is 5.97 Å². The molecule has 0 aliphatic carbocycles. The third kappa shape index (κ3) is 4.92. The summed E-state index contributed by atoms with van der Waals surface area (Å²) in [5.74, 6) is 0.545. The second-order valence-electron chi connectivity index (χ2n) is 7.05. The maximum atomic E-state index is 11.7. The zero-order chi connectivity index (χ0) is 21.7. The predicted molar refractivity (Wildman–Crippen MR) is 118 cm³/mol. The van der Waals surface area contributed by atoms with Gasteiger partial charge in [0.2, 0.25) is 0 Å². The van der Waals surface area contributed by atoms with Crippen molar-refractivity contribution in [2.24, 2.45) is 0 Å². The summed E-state index contributed by atoms with van der Waals surface area (Å²) in [6.07, 6.45) is 0. The Morgan fingerprint density at radius 1 is 1.07 bits per heavy atom. The van der Waals surface area contributed by atoms with Gasteiger partial charge in [0.25, 0.3) is 0 Å². The highest BCUT2D eigenvalue weighted by molar-refractivity contribution is 6.30. The molecule has 0 aliphatic rings. The lowest BCUT2D eigenvalue weighted by Gasteiger charge is -2.15. The van der Waals surface area contributed by atoms with Crippen molar-refractivity contribution in [3.05, 3.63) is 76.4 Å². The fraction of sp³-hybridized carbons (Fsp3) is 0.250. The third-order valence-electron chi connectivity index (χ3n) is 4.63. The van der Waals surface area contributed by atoms with E-state index in [-0.39, 0.29) is 18.1 Å². The number of carboxylic acids is 1. The number of ether oxygens (including phenoxy) is 2. The molecular formula is C24H24ClNO4. The number of carboxylic acid groups (broad SMARTS) is 1. The van der Waals surface area contributed by atoms with Crippen LogP contribution in [0.4, 0.5) is 0 Å². The largest absolute Gasteiger partial charge is 0.493 e. The summed E-state index contributed by atoms with van der Waals surface area (Å²) in [6.45, 7) is 6.56. The van der Waals surface area contributed by atoms with Crippen LogP contribution < -0.4 is 9.47 Å². The zero-order valence-corrected chi connectivity index (χ0v) is 17.9. The number of pyridine rings is 1. The van der Waals surface area contributed by atoms with Gasteiger partial charge in [-0.3, -0.25) is 0 Å². The lowest BCUT2D eigenvalue weighted by molar-refractivity contribution is 0.0693. The van der Waals surface area contributed by atoms with Gasteiger partial charge in [0.15, 0.2) is 0 Å². The van der Waals surface area contributed by atoms with E-state index in [1.807, 2.05) is 37.3 Å². The molecule has 0 amide bonds. The van der Waals surface area contributed by atoms with Crippen LogP contribution in [0.5, 0.6) is 11.5 Å². The molecule has 2 aromatic carbocycles. The minimum absolute atomic E-state index is 0.0385. The van der Waals surface area contributed by atoms with Gasteiger partial charge in [-0.25, -0.2) is 9.78 Å². The van der Waals surface area contributed by atoms with Crippen LogP contribution in [0.3, 0.4) is 0 Å². The Balaban J connectivity index is 1.98. The number of rotatable bonds is 8. The Morgan fingerprint density at radius 2 is 1.83 bits per heavy atom.